The highest BCUT2D eigenvalue weighted by molar-refractivity contribution is 5.81. The van der Waals surface area contributed by atoms with Crippen LogP contribution in [0.1, 0.15) is 71.3 Å². The molecule has 5 heteroatoms. The van der Waals surface area contributed by atoms with Crippen LogP contribution in [0.15, 0.2) is 34.7 Å². The van der Waals surface area contributed by atoms with Gasteiger partial charge in [-0.05, 0) is 64.5 Å². The molecule has 0 saturated carbocycles. The van der Waals surface area contributed by atoms with Crippen LogP contribution < -0.4 is 0 Å². The van der Waals surface area contributed by atoms with Crippen LogP contribution in [0.2, 0.25) is 0 Å². The SMILES string of the molecule is CC(=CCCc1ccoc1)CC(=O)CC1(C)CCC(C2(C)CCC(=O)O2)O1. The van der Waals surface area contributed by atoms with E-state index >= 15 is 0 Å². The van der Waals surface area contributed by atoms with Gasteiger partial charge in [0.2, 0.25) is 0 Å². The summed E-state index contributed by atoms with van der Waals surface area (Å²) < 4.78 is 16.8. The van der Waals surface area contributed by atoms with Gasteiger partial charge in [0.15, 0.2) is 0 Å². The minimum atomic E-state index is -0.541. The fourth-order valence-electron chi connectivity index (χ4n) is 4.18. The summed E-state index contributed by atoms with van der Waals surface area (Å²) in [4.78, 5) is 24.0. The first-order chi connectivity index (χ1) is 12.8. The maximum absolute atomic E-state index is 12.5. The Morgan fingerprint density at radius 2 is 2.15 bits per heavy atom. The second kappa shape index (κ2) is 8.01. The predicted octanol–water partition coefficient (Wildman–Crippen LogP) is 4.54. The van der Waals surface area contributed by atoms with Gasteiger partial charge in [-0.1, -0.05) is 11.6 Å². The first-order valence-corrected chi connectivity index (χ1v) is 9.86. The van der Waals surface area contributed by atoms with Gasteiger partial charge in [-0.3, -0.25) is 9.59 Å². The lowest BCUT2D eigenvalue weighted by molar-refractivity contribution is -0.166. The number of esters is 1. The zero-order valence-electron chi connectivity index (χ0n) is 16.6. The third kappa shape index (κ3) is 5.10. The molecule has 5 nitrogen and oxygen atoms in total. The van der Waals surface area contributed by atoms with E-state index in [1.54, 1.807) is 12.5 Å². The molecule has 0 spiro atoms. The average Bonchev–Trinajstić information content (AvgIpc) is 3.29. The molecule has 1 aromatic rings. The lowest BCUT2D eigenvalue weighted by Gasteiger charge is -2.32. The molecule has 3 heterocycles. The number of ether oxygens (including phenoxy) is 2. The number of furan rings is 1. The number of aryl methyl sites for hydroxylation is 1. The van der Waals surface area contributed by atoms with Gasteiger partial charge in [-0.25, -0.2) is 0 Å². The molecule has 0 aliphatic carbocycles. The van der Waals surface area contributed by atoms with E-state index in [9.17, 15) is 9.59 Å². The standard InChI is InChI=1S/C22H30O5/c1-16(5-4-6-17-9-12-25-15-17)13-18(23)14-21(2)10-7-19(26-21)22(3)11-8-20(24)27-22/h5,9,12,15,19H,4,6-8,10-11,13-14H2,1-3H3. The minimum Gasteiger partial charge on any atom is -0.472 e. The van der Waals surface area contributed by atoms with E-state index in [0.717, 1.165) is 31.3 Å². The van der Waals surface area contributed by atoms with E-state index in [-0.39, 0.29) is 17.9 Å². The van der Waals surface area contributed by atoms with Crippen LogP contribution in [0.3, 0.4) is 0 Å². The molecule has 2 fully saturated rings. The molecule has 0 bridgehead atoms. The van der Waals surface area contributed by atoms with E-state index in [4.69, 9.17) is 13.9 Å². The number of ketones is 1. The summed E-state index contributed by atoms with van der Waals surface area (Å²) >= 11 is 0. The van der Waals surface area contributed by atoms with Crippen molar-refractivity contribution >= 4 is 11.8 Å². The molecule has 0 amide bonds. The molecular weight excluding hydrogens is 344 g/mol. The van der Waals surface area contributed by atoms with Crippen molar-refractivity contribution in [2.75, 3.05) is 0 Å². The molecule has 148 valence electrons. The van der Waals surface area contributed by atoms with Crippen LogP contribution in [0.4, 0.5) is 0 Å². The number of rotatable bonds is 8. The summed E-state index contributed by atoms with van der Waals surface area (Å²) in [6, 6.07) is 1.96. The smallest absolute Gasteiger partial charge is 0.306 e. The Balaban J connectivity index is 1.46. The predicted molar refractivity (Wildman–Crippen MR) is 101 cm³/mol. The highest BCUT2D eigenvalue weighted by atomic mass is 16.6. The van der Waals surface area contributed by atoms with Gasteiger partial charge in [0.25, 0.3) is 0 Å². The van der Waals surface area contributed by atoms with Crippen LogP contribution in [0.25, 0.3) is 0 Å². The van der Waals surface area contributed by atoms with Crippen molar-refractivity contribution in [3.05, 3.63) is 35.8 Å². The number of hydrogen-bond donors (Lipinski definition) is 0. The molecular formula is C22H30O5. The van der Waals surface area contributed by atoms with Crippen molar-refractivity contribution in [2.45, 2.75) is 89.4 Å². The monoisotopic (exact) mass is 374 g/mol. The molecule has 0 aromatic carbocycles. The maximum Gasteiger partial charge on any atom is 0.306 e. The second-order valence-corrected chi connectivity index (χ2v) is 8.49. The van der Waals surface area contributed by atoms with Crippen molar-refractivity contribution in [1.82, 2.24) is 0 Å². The van der Waals surface area contributed by atoms with Crippen molar-refractivity contribution in [3.8, 4) is 0 Å². The molecule has 3 atom stereocenters. The first kappa shape index (κ1) is 19.9. The van der Waals surface area contributed by atoms with Gasteiger partial charge in [0.05, 0.1) is 24.2 Å². The number of allylic oxidation sites excluding steroid dienone is 2. The topological polar surface area (TPSA) is 65.7 Å². The van der Waals surface area contributed by atoms with Crippen molar-refractivity contribution in [1.29, 1.82) is 0 Å². The molecule has 1 aromatic heterocycles. The largest absolute Gasteiger partial charge is 0.472 e. The van der Waals surface area contributed by atoms with E-state index in [1.165, 1.54) is 5.56 Å². The van der Waals surface area contributed by atoms with E-state index in [0.29, 0.717) is 25.7 Å². The summed E-state index contributed by atoms with van der Waals surface area (Å²) in [6.07, 6.45) is 10.9. The lowest BCUT2D eigenvalue weighted by Crippen LogP contribution is -2.41. The Morgan fingerprint density at radius 3 is 2.81 bits per heavy atom. The van der Waals surface area contributed by atoms with E-state index < -0.39 is 11.2 Å². The lowest BCUT2D eigenvalue weighted by atomic mass is 9.90. The second-order valence-electron chi connectivity index (χ2n) is 8.49. The highest BCUT2D eigenvalue weighted by Crippen LogP contribution is 2.43. The minimum absolute atomic E-state index is 0.117. The molecule has 0 N–H and O–H groups in total. The van der Waals surface area contributed by atoms with E-state index in [2.05, 4.69) is 6.08 Å². The zero-order chi connectivity index (χ0) is 19.5. The molecule has 2 aliphatic heterocycles. The zero-order valence-corrected chi connectivity index (χ0v) is 16.6. The third-order valence-corrected chi connectivity index (χ3v) is 5.77. The molecule has 0 radical (unpaired) electrons. The van der Waals surface area contributed by atoms with Crippen LogP contribution >= 0.6 is 0 Å². The number of carbonyl (C=O) groups excluding carboxylic acids is 2. The number of cyclic esters (lactones) is 1. The summed E-state index contributed by atoms with van der Waals surface area (Å²) in [7, 11) is 0. The molecule has 2 saturated heterocycles. The highest BCUT2D eigenvalue weighted by Gasteiger charge is 2.50. The first-order valence-electron chi connectivity index (χ1n) is 9.86. The van der Waals surface area contributed by atoms with Gasteiger partial charge in [0.1, 0.15) is 11.4 Å². The van der Waals surface area contributed by atoms with Gasteiger partial charge in [-0.15, -0.1) is 0 Å². The summed E-state index contributed by atoms with van der Waals surface area (Å²) in [5.74, 6) is 0.0470. The Morgan fingerprint density at radius 1 is 1.33 bits per heavy atom. The Kier molecular flexibility index (Phi) is 5.89. The summed E-state index contributed by atoms with van der Waals surface area (Å²) in [5.41, 5.74) is 1.26. The van der Waals surface area contributed by atoms with Crippen LogP contribution in [0, 0.1) is 0 Å². The normalized spacial score (nSPS) is 31.3. The molecule has 2 aliphatic rings. The fraction of sp³-hybridized carbons (Fsp3) is 0.636. The van der Waals surface area contributed by atoms with Gasteiger partial charge < -0.3 is 13.9 Å². The van der Waals surface area contributed by atoms with Gasteiger partial charge in [0, 0.05) is 19.3 Å². The van der Waals surface area contributed by atoms with Crippen LogP contribution in [-0.4, -0.2) is 29.1 Å². The quantitative estimate of drug-likeness (QED) is 0.494. The van der Waals surface area contributed by atoms with Crippen molar-refractivity contribution in [3.63, 3.8) is 0 Å². The van der Waals surface area contributed by atoms with Gasteiger partial charge >= 0.3 is 5.97 Å². The molecule has 27 heavy (non-hydrogen) atoms. The maximum atomic E-state index is 12.5. The van der Waals surface area contributed by atoms with Crippen molar-refractivity contribution in [2.24, 2.45) is 0 Å². The Hall–Kier alpha value is -1.88. The Labute approximate surface area is 161 Å². The summed E-state index contributed by atoms with van der Waals surface area (Å²) in [5, 5.41) is 0. The van der Waals surface area contributed by atoms with Crippen molar-refractivity contribution < 1.29 is 23.5 Å². The number of hydrogen-bond acceptors (Lipinski definition) is 5. The van der Waals surface area contributed by atoms with E-state index in [1.807, 2.05) is 26.8 Å². The summed E-state index contributed by atoms with van der Waals surface area (Å²) in [6.45, 7) is 5.96. The molecule has 3 rings (SSSR count). The third-order valence-electron chi connectivity index (χ3n) is 5.77. The van der Waals surface area contributed by atoms with Crippen LogP contribution in [-0.2, 0) is 25.5 Å². The number of carbonyl (C=O) groups is 2. The fourth-order valence-corrected chi connectivity index (χ4v) is 4.18. The van der Waals surface area contributed by atoms with Gasteiger partial charge in [-0.2, -0.15) is 0 Å². The average molecular weight is 374 g/mol. The Bertz CT molecular complexity index is 704. The number of Topliss-reactive ketones (excluding diaryl/α,β-unsaturated/α-hetero) is 1. The molecule has 3 unspecified atom stereocenters. The van der Waals surface area contributed by atoms with Crippen LogP contribution in [0.5, 0.6) is 0 Å².